The van der Waals surface area contributed by atoms with Crippen molar-refractivity contribution in [2.24, 2.45) is 0 Å². The summed E-state index contributed by atoms with van der Waals surface area (Å²) < 4.78 is 15.5. The topological polar surface area (TPSA) is 98.8 Å². The van der Waals surface area contributed by atoms with E-state index in [1.807, 2.05) is 30.3 Å². The summed E-state index contributed by atoms with van der Waals surface area (Å²) in [5.41, 5.74) is 1.35. The van der Waals surface area contributed by atoms with Crippen molar-refractivity contribution in [1.29, 1.82) is 0 Å². The molecule has 0 aliphatic carbocycles. The van der Waals surface area contributed by atoms with Gasteiger partial charge in [-0.2, -0.15) is 0 Å². The maximum atomic E-state index is 12.4. The fraction of sp³-hybridized carbons (Fsp3) is 0.190. The molecular weight excluding hydrogens is 406 g/mol. The third-order valence-corrected chi connectivity index (χ3v) is 4.73. The van der Waals surface area contributed by atoms with E-state index in [-0.39, 0.29) is 19.1 Å². The summed E-state index contributed by atoms with van der Waals surface area (Å²) in [6.45, 7) is 1.78. The molecule has 0 fully saturated rings. The Morgan fingerprint density at radius 2 is 1.70 bits per heavy atom. The van der Waals surface area contributed by atoms with Crippen molar-refractivity contribution in [3.63, 3.8) is 0 Å². The molecule has 2 aromatic carbocycles. The first kappa shape index (κ1) is 21.1. The number of anilines is 2. The highest BCUT2D eigenvalue weighted by molar-refractivity contribution is 7.20. The molecule has 156 valence electrons. The van der Waals surface area contributed by atoms with Gasteiger partial charge in [-0.15, -0.1) is 0 Å². The van der Waals surface area contributed by atoms with Crippen LogP contribution in [-0.2, 0) is 9.53 Å². The van der Waals surface area contributed by atoms with Crippen LogP contribution < -0.4 is 20.1 Å². The van der Waals surface area contributed by atoms with Crippen LogP contribution in [0.2, 0.25) is 0 Å². The van der Waals surface area contributed by atoms with Crippen LogP contribution in [0.15, 0.2) is 54.6 Å². The van der Waals surface area contributed by atoms with Crippen molar-refractivity contribution >= 4 is 33.5 Å². The van der Waals surface area contributed by atoms with E-state index in [2.05, 4.69) is 15.6 Å². The van der Waals surface area contributed by atoms with Gasteiger partial charge in [-0.05, 0) is 31.2 Å². The number of carbonyl (C=O) groups is 2. The van der Waals surface area contributed by atoms with Crippen molar-refractivity contribution in [3.05, 3.63) is 54.6 Å². The smallest absolute Gasteiger partial charge is 0.413 e. The molecule has 0 radical (unpaired) electrons. The van der Waals surface area contributed by atoms with Crippen molar-refractivity contribution in [2.75, 3.05) is 31.0 Å². The van der Waals surface area contributed by atoms with Gasteiger partial charge < -0.3 is 19.5 Å². The molecule has 0 saturated carbocycles. The normalized spacial score (nSPS) is 10.2. The number of thiazole rings is 1. The second-order valence-electron chi connectivity index (χ2n) is 5.92. The van der Waals surface area contributed by atoms with Gasteiger partial charge in [0.15, 0.2) is 11.7 Å². The molecule has 0 atom stereocenters. The fourth-order valence-corrected chi connectivity index (χ4v) is 3.38. The summed E-state index contributed by atoms with van der Waals surface area (Å²) in [7, 11) is 1.58. The van der Waals surface area contributed by atoms with E-state index in [4.69, 9.17) is 14.2 Å². The monoisotopic (exact) mass is 427 g/mol. The third kappa shape index (κ3) is 5.71. The van der Waals surface area contributed by atoms with E-state index >= 15 is 0 Å². The molecule has 30 heavy (non-hydrogen) atoms. The summed E-state index contributed by atoms with van der Waals surface area (Å²) in [5, 5.41) is 6.18. The average Bonchev–Trinajstić information content (AvgIpc) is 3.15. The van der Waals surface area contributed by atoms with Gasteiger partial charge in [0.05, 0.1) is 13.7 Å². The summed E-state index contributed by atoms with van der Waals surface area (Å²) >= 11 is 1.14. The zero-order valence-corrected chi connectivity index (χ0v) is 17.3. The van der Waals surface area contributed by atoms with Gasteiger partial charge in [0.25, 0.3) is 5.91 Å². The second kappa shape index (κ2) is 10.3. The molecule has 3 rings (SSSR count). The Hall–Kier alpha value is -3.59. The van der Waals surface area contributed by atoms with E-state index in [1.54, 1.807) is 38.3 Å². The van der Waals surface area contributed by atoms with Crippen LogP contribution in [-0.4, -0.2) is 37.3 Å². The van der Waals surface area contributed by atoms with Gasteiger partial charge >= 0.3 is 6.09 Å². The van der Waals surface area contributed by atoms with E-state index in [9.17, 15) is 9.59 Å². The van der Waals surface area contributed by atoms with Crippen LogP contribution in [0.4, 0.5) is 14.9 Å². The number of aromatic nitrogens is 1. The first-order valence-electron chi connectivity index (χ1n) is 9.15. The molecule has 2 amide bonds. The molecule has 0 unspecified atom stereocenters. The zero-order valence-electron chi connectivity index (χ0n) is 16.5. The largest absolute Gasteiger partial charge is 0.497 e. The molecule has 0 bridgehead atoms. The van der Waals surface area contributed by atoms with Crippen LogP contribution in [0, 0.1) is 0 Å². The molecule has 2 N–H and O–H groups in total. The number of hydrogen-bond donors (Lipinski definition) is 2. The molecular formula is C21H21N3O5S. The Morgan fingerprint density at radius 3 is 2.37 bits per heavy atom. The average molecular weight is 427 g/mol. The molecule has 8 nitrogen and oxygen atoms in total. The molecule has 0 saturated heterocycles. The number of nitrogens with zero attached hydrogens (tertiary/aromatic N) is 1. The Labute approximate surface area is 177 Å². The summed E-state index contributed by atoms with van der Waals surface area (Å²) in [5.74, 6) is 0.892. The van der Waals surface area contributed by atoms with Gasteiger partial charge in [-0.3, -0.25) is 10.1 Å². The second-order valence-corrected chi connectivity index (χ2v) is 6.92. The number of benzene rings is 2. The maximum Gasteiger partial charge on any atom is 0.413 e. The predicted octanol–water partition coefficient (Wildman–Crippen LogP) is 4.40. The van der Waals surface area contributed by atoms with E-state index < -0.39 is 6.09 Å². The summed E-state index contributed by atoms with van der Waals surface area (Å²) in [4.78, 5) is 28.6. The molecule has 0 aliphatic rings. The molecule has 1 aromatic heterocycles. The van der Waals surface area contributed by atoms with Crippen LogP contribution in [0.1, 0.15) is 6.92 Å². The highest BCUT2D eigenvalue weighted by Gasteiger charge is 2.17. The minimum atomic E-state index is -0.605. The Kier molecular flexibility index (Phi) is 7.23. The van der Waals surface area contributed by atoms with Crippen LogP contribution in [0.25, 0.3) is 11.3 Å². The van der Waals surface area contributed by atoms with Gasteiger partial charge in [-0.25, -0.2) is 9.78 Å². The van der Waals surface area contributed by atoms with Crippen molar-refractivity contribution in [1.82, 2.24) is 4.98 Å². The number of rotatable bonds is 8. The number of nitrogens with one attached hydrogen (secondary N) is 2. The SMILES string of the molecule is CCOC(=O)Nc1nc(-c2ccccc2)c(NC(=O)COc2ccc(OC)cc2)s1. The lowest BCUT2D eigenvalue weighted by Gasteiger charge is -2.08. The molecule has 3 aromatic rings. The number of methoxy groups -OCH3 is 1. The predicted molar refractivity (Wildman–Crippen MR) is 115 cm³/mol. The molecule has 1 heterocycles. The highest BCUT2D eigenvalue weighted by Crippen LogP contribution is 2.36. The van der Waals surface area contributed by atoms with E-state index in [0.29, 0.717) is 27.3 Å². The van der Waals surface area contributed by atoms with Crippen molar-refractivity contribution in [2.45, 2.75) is 6.92 Å². The Morgan fingerprint density at radius 1 is 1.00 bits per heavy atom. The standard InChI is InChI=1S/C21H21N3O5S/c1-3-28-21(26)24-20-23-18(14-7-5-4-6-8-14)19(30-20)22-17(25)13-29-16-11-9-15(27-2)10-12-16/h4-12H,3,13H2,1-2H3,(H,22,25)(H,23,24,26). The first-order chi connectivity index (χ1) is 14.6. The minimum Gasteiger partial charge on any atom is -0.497 e. The fourth-order valence-electron chi connectivity index (χ4n) is 2.49. The quantitative estimate of drug-likeness (QED) is 0.553. The van der Waals surface area contributed by atoms with Crippen molar-refractivity contribution < 1.29 is 23.8 Å². The van der Waals surface area contributed by atoms with Crippen LogP contribution >= 0.6 is 11.3 Å². The van der Waals surface area contributed by atoms with Crippen LogP contribution in [0.3, 0.4) is 0 Å². The number of ether oxygens (including phenoxy) is 3. The number of amides is 2. The van der Waals surface area contributed by atoms with E-state index in [1.165, 1.54) is 0 Å². The van der Waals surface area contributed by atoms with Crippen molar-refractivity contribution in [3.8, 4) is 22.8 Å². The van der Waals surface area contributed by atoms with Gasteiger partial charge in [0, 0.05) is 5.56 Å². The number of carbonyl (C=O) groups excluding carboxylic acids is 2. The Balaban J connectivity index is 1.71. The third-order valence-electron chi connectivity index (χ3n) is 3.84. The van der Waals surface area contributed by atoms with Gasteiger partial charge in [-0.1, -0.05) is 41.7 Å². The number of hydrogen-bond acceptors (Lipinski definition) is 7. The lowest BCUT2D eigenvalue weighted by atomic mass is 10.2. The lowest BCUT2D eigenvalue weighted by Crippen LogP contribution is -2.19. The van der Waals surface area contributed by atoms with Crippen LogP contribution in [0.5, 0.6) is 11.5 Å². The first-order valence-corrected chi connectivity index (χ1v) is 9.97. The van der Waals surface area contributed by atoms with E-state index in [0.717, 1.165) is 16.9 Å². The molecule has 9 heteroatoms. The molecule has 0 aliphatic heterocycles. The summed E-state index contributed by atoms with van der Waals surface area (Å²) in [6, 6.07) is 16.3. The highest BCUT2D eigenvalue weighted by atomic mass is 32.1. The minimum absolute atomic E-state index is 0.181. The summed E-state index contributed by atoms with van der Waals surface area (Å²) in [6.07, 6.45) is -0.605. The Bertz CT molecular complexity index is 990. The zero-order chi connectivity index (χ0) is 21.3. The van der Waals surface area contributed by atoms with Gasteiger partial charge in [0.2, 0.25) is 0 Å². The maximum absolute atomic E-state index is 12.4. The molecule has 0 spiro atoms. The van der Waals surface area contributed by atoms with Gasteiger partial charge in [0.1, 0.15) is 22.2 Å². The lowest BCUT2D eigenvalue weighted by molar-refractivity contribution is -0.118.